The monoisotopic (exact) mass is 170 g/mol. The van der Waals surface area contributed by atoms with Crippen LogP contribution in [0.15, 0.2) is 0 Å². The molecule has 0 bridgehead atoms. The van der Waals surface area contributed by atoms with Gasteiger partial charge >= 0.3 is 0 Å². The van der Waals surface area contributed by atoms with Crippen molar-refractivity contribution in [3.05, 3.63) is 0 Å². The summed E-state index contributed by atoms with van der Waals surface area (Å²) in [6.45, 7) is 6.01. The van der Waals surface area contributed by atoms with Gasteiger partial charge in [-0.2, -0.15) is 0 Å². The highest BCUT2D eigenvalue weighted by Crippen LogP contribution is 2.12. The number of nitrogens with one attached hydrogen (secondary N) is 1. The molecule has 3 heteroatoms. The number of amides is 1. The number of nitrogens with zero attached hydrogens (tertiary/aromatic N) is 1. The molecule has 0 radical (unpaired) electrons. The van der Waals surface area contributed by atoms with E-state index in [0.717, 1.165) is 19.5 Å². The second-order valence-corrected chi connectivity index (χ2v) is 3.58. The van der Waals surface area contributed by atoms with Crippen molar-refractivity contribution in [1.29, 1.82) is 0 Å². The first-order valence-corrected chi connectivity index (χ1v) is 4.65. The van der Waals surface area contributed by atoms with Crippen LogP contribution < -0.4 is 5.32 Å². The van der Waals surface area contributed by atoms with Crippen molar-refractivity contribution in [1.82, 2.24) is 10.2 Å². The van der Waals surface area contributed by atoms with Crippen molar-refractivity contribution >= 4 is 5.91 Å². The first kappa shape index (κ1) is 9.52. The quantitative estimate of drug-likeness (QED) is 0.653. The molecule has 0 aromatic rings. The molecule has 0 spiro atoms. The SMILES string of the molecule is CCC(C)C1NCCN(C)C1=O. The van der Waals surface area contributed by atoms with E-state index >= 15 is 0 Å². The molecule has 1 heterocycles. The fraction of sp³-hybridized carbons (Fsp3) is 0.889. The van der Waals surface area contributed by atoms with E-state index < -0.39 is 0 Å². The van der Waals surface area contributed by atoms with Gasteiger partial charge in [0.15, 0.2) is 0 Å². The van der Waals surface area contributed by atoms with Crippen molar-refractivity contribution in [3.8, 4) is 0 Å². The topological polar surface area (TPSA) is 32.3 Å². The molecular formula is C9H18N2O. The summed E-state index contributed by atoms with van der Waals surface area (Å²) >= 11 is 0. The second kappa shape index (κ2) is 3.90. The predicted octanol–water partition coefficient (Wildman–Crippen LogP) is 0.463. The van der Waals surface area contributed by atoms with Gasteiger partial charge in [0.2, 0.25) is 5.91 Å². The summed E-state index contributed by atoms with van der Waals surface area (Å²) in [5, 5.41) is 3.26. The maximum atomic E-state index is 11.6. The molecule has 1 amide bonds. The van der Waals surface area contributed by atoms with Crippen LogP contribution in [0.2, 0.25) is 0 Å². The maximum Gasteiger partial charge on any atom is 0.239 e. The van der Waals surface area contributed by atoms with Gasteiger partial charge < -0.3 is 10.2 Å². The van der Waals surface area contributed by atoms with E-state index in [-0.39, 0.29) is 11.9 Å². The molecule has 0 aromatic carbocycles. The van der Waals surface area contributed by atoms with E-state index in [2.05, 4.69) is 19.2 Å². The van der Waals surface area contributed by atoms with Crippen LogP contribution in [0.25, 0.3) is 0 Å². The lowest BCUT2D eigenvalue weighted by atomic mass is 9.97. The molecule has 0 aliphatic carbocycles. The molecule has 2 atom stereocenters. The summed E-state index contributed by atoms with van der Waals surface area (Å²) in [6, 6.07) is 0.0498. The number of hydrogen-bond donors (Lipinski definition) is 1. The zero-order valence-corrected chi connectivity index (χ0v) is 8.13. The van der Waals surface area contributed by atoms with Gasteiger partial charge in [0.1, 0.15) is 0 Å². The highest BCUT2D eigenvalue weighted by atomic mass is 16.2. The average molecular weight is 170 g/mol. The lowest BCUT2D eigenvalue weighted by Crippen LogP contribution is -2.55. The Morgan fingerprint density at radius 1 is 1.75 bits per heavy atom. The molecule has 3 nitrogen and oxygen atoms in total. The zero-order valence-electron chi connectivity index (χ0n) is 8.13. The minimum atomic E-state index is 0.0498. The fourth-order valence-corrected chi connectivity index (χ4v) is 1.50. The molecular weight excluding hydrogens is 152 g/mol. The Kier molecular flexibility index (Phi) is 3.09. The number of carbonyl (C=O) groups is 1. The van der Waals surface area contributed by atoms with Gasteiger partial charge in [-0.25, -0.2) is 0 Å². The number of likely N-dealkylation sites (N-methyl/N-ethyl adjacent to an activating group) is 1. The summed E-state index contributed by atoms with van der Waals surface area (Å²) in [6.07, 6.45) is 1.05. The summed E-state index contributed by atoms with van der Waals surface area (Å²) in [7, 11) is 1.87. The first-order valence-electron chi connectivity index (χ1n) is 4.65. The van der Waals surface area contributed by atoms with E-state index in [4.69, 9.17) is 0 Å². The molecule has 0 aromatic heterocycles. The lowest BCUT2D eigenvalue weighted by Gasteiger charge is -2.33. The maximum absolute atomic E-state index is 11.6. The van der Waals surface area contributed by atoms with E-state index in [1.165, 1.54) is 0 Å². The molecule has 1 aliphatic heterocycles. The van der Waals surface area contributed by atoms with E-state index in [1.807, 2.05) is 11.9 Å². The molecule has 1 saturated heterocycles. The zero-order chi connectivity index (χ0) is 9.14. The minimum absolute atomic E-state index is 0.0498. The molecule has 2 unspecified atom stereocenters. The van der Waals surface area contributed by atoms with Crippen molar-refractivity contribution in [2.45, 2.75) is 26.3 Å². The van der Waals surface area contributed by atoms with E-state index in [9.17, 15) is 4.79 Å². The normalized spacial score (nSPS) is 27.4. The van der Waals surface area contributed by atoms with Gasteiger partial charge in [-0.15, -0.1) is 0 Å². The van der Waals surface area contributed by atoms with Crippen LogP contribution in [-0.2, 0) is 4.79 Å². The molecule has 1 fully saturated rings. The van der Waals surface area contributed by atoms with Crippen LogP contribution in [0.5, 0.6) is 0 Å². The summed E-state index contributed by atoms with van der Waals surface area (Å²) < 4.78 is 0. The van der Waals surface area contributed by atoms with Crippen molar-refractivity contribution in [2.75, 3.05) is 20.1 Å². The van der Waals surface area contributed by atoms with E-state index in [1.54, 1.807) is 0 Å². The van der Waals surface area contributed by atoms with Gasteiger partial charge in [0, 0.05) is 20.1 Å². The summed E-state index contributed by atoms with van der Waals surface area (Å²) in [5.74, 6) is 0.691. The Hall–Kier alpha value is -0.570. The Labute approximate surface area is 74.1 Å². The van der Waals surface area contributed by atoms with Crippen LogP contribution in [0.1, 0.15) is 20.3 Å². The number of rotatable bonds is 2. The van der Waals surface area contributed by atoms with Crippen molar-refractivity contribution in [2.24, 2.45) is 5.92 Å². The standard InChI is InChI=1S/C9H18N2O/c1-4-7(2)8-9(12)11(3)6-5-10-8/h7-8,10H,4-6H2,1-3H3. The van der Waals surface area contributed by atoms with Gasteiger partial charge in [0.05, 0.1) is 6.04 Å². The molecule has 1 aliphatic rings. The van der Waals surface area contributed by atoms with Crippen LogP contribution in [0, 0.1) is 5.92 Å². The summed E-state index contributed by atoms with van der Waals surface area (Å²) in [4.78, 5) is 13.4. The molecule has 1 N–H and O–H groups in total. The fourth-order valence-electron chi connectivity index (χ4n) is 1.50. The largest absolute Gasteiger partial charge is 0.343 e. The third kappa shape index (κ3) is 1.78. The Bertz CT molecular complexity index is 170. The highest BCUT2D eigenvalue weighted by molar-refractivity contribution is 5.82. The highest BCUT2D eigenvalue weighted by Gasteiger charge is 2.29. The first-order chi connectivity index (χ1) is 5.66. The lowest BCUT2D eigenvalue weighted by molar-refractivity contribution is -0.135. The predicted molar refractivity (Wildman–Crippen MR) is 48.9 cm³/mol. The molecule has 12 heavy (non-hydrogen) atoms. The van der Waals surface area contributed by atoms with Gasteiger partial charge in [0.25, 0.3) is 0 Å². The third-order valence-electron chi connectivity index (χ3n) is 2.67. The van der Waals surface area contributed by atoms with Gasteiger partial charge in [-0.05, 0) is 5.92 Å². The van der Waals surface area contributed by atoms with Crippen molar-refractivity contribution in [3.63, 3.8) is 0 Å². The molecule has 0 saturated carbocycles. The van der Waals surface area contributed by atoms with Crippen LogP contribution in [-0.4, -0.2) is 37.0 Å². The molecule has 1 rings (SSSR count). The summed E-state index contributed by atoms with van der Waals surface area (Å²) in [5.41, 5.74) is 0. The Balaban J connectivity index is 2.57. The van der Waals surface area contributed by atoms with Crippen molar-refractivity contribution < 1.29 is 4.79 Å². The third-order valence-corrected chi connectivity index (χ3v) is 2.67. The van der Waals surface area contributed by atoms with Gasteiger partial charge in [-0.3, -0.25) is 4.79 Å². The van der Waals surface area contributed by atoms with Crippen LogP contribution in [0.3, 0.4) is 0 Å². The Morgan fingerprint density at radius 2 is 2.42 bits per heavy atom. The molecule has 70 valence electrons. The number of hydrogen-bond acceptors (Lipinski definition) is 2. The number of piperazine rings is 1. The number of carbonyl (C=O) groups excluding carboxylic acids is 1. The smallest absolute Gasteiger partial charge is 0.239 e. The minimum Gasteiger partial charge on any atom is -0.343 e. The average Bonchev–Trinajstić information content (AvgIpc) is 2.08. The van der Waals surface area contributed by atoms with E-state index in [0.29, 0.717) is 5.92 Å². The second-order valence-electron chi connectivity index (χ2n) is 3.58. The van der Waals surface area contributed by atoms with Crippen LogP contribution in [0.4, 0.5) is 0 Å². The van der Waals surface area contributed by atoms with Crippen LogP contribution >= 0.6 is 0 Å². The van der Waals surface area contributed by atoms with Gasteiger partial charge in [-0.1, -0.05) is 20.3 Å². The Morgan fingerprint density at radius 3 is 3.00 bits per heavy atom.